The van der Waals surface area contributed by atoms with Gasteiger partial charge >= 0.3 is 0 Å². The van der Waals surface area contributed by atoms with Gasteiger partial charge in [-0.1, -0.05) is 24.3 Å². The molecule has 1 heterocycles. The van der Waals surface area contributed by atoms with Crippen molar-refractivity contribution in [3.8, 4) is 0 Å². The summed E-state index contributed by atoms with van der Waals surface area (Å²) in [5.41, 5.74) is 8.50. The predicted molar refractivity (Wildman–Crippen MR) is 69.8 cm³/mol. The van der Waals surface area contributed by atoms with Gasteiger partial charge in [-0.2, -0.15) is 0 Å². The number of likely N-dealkylation sites (tertiary alicyclic amines) is 1. The van der Waals surface area contributed by atoms with E-state index in [2.05, 4.69) is 29.2 Å². The number of hydrogen-bond donors (Lipinski definition) is 2. The minimum Gasteiger partial charge on any atom is -0.395 e. The minimum atomic E-state index is 0.268. The lowest BCUT2D eigenvalue weighted by atomic mass is 9.86. The number of β-amino-alcohol motifs (C(OH)–C–C–N with tert-alkyl or cyclic N) is 1. The van der Waals surface area contributed by atoms with Crippen molar-refractivity contribution in [3.05, 3.63) is 35.4 Å². The fraction of sp³-hybridized carbons (Fsp3) is 0.571. The van der Waals surface area contributed by atoms with Gasteiger partial charge < -0.3 is 15.7 Å². The molecule has 94 valence electrons. The molecule has 0 aromatic heterocycles. The Hall–Kier alpha value is -0.900. The van der Waals surface area contributed by atoms with Crippen molar-refractivity contribution in [2.24, 2.45) is 5.73 Å². The number of aliphatic hydroxyl groups excluding tert-OH is 1. The van der Waals surface area contributed by atoms with Crippen LogP contribution in [-0.2, 0) is 6.54 Å². The van der Waals surface area contributed by atoms with Gasteiger partial charge in [-0.05, 0) is 43.0 Å². The van der Waals surface area contributed by atoms with E-state index in [0.29, 0.717) is 12.5 Å². The average molecular weight is 234 g/mol. The summed E-state index contributed by atoms with van der Waals surface area (Å²) in [6, 6.07) is 8.52. The summed E-state index contributed by atoms with van der Waals surface area (Å²) in [6.07, 6.45) is 2.36. The van der Waals surface area contributed by atoms with E-state index in [9.17, 15) is 0 Å². The Kier molecular flexibility index (Phi) is 4.54. The van der Waals surface area contributed by atoms with Crippen molar-refractivity contribution in [3.63, 3.8) is 0 Å². The molecule has 0 unspecified atom stereocenters. The van der Waals surface area contributed by atoms with Crippen molar-refractivity contribution in [1.82, 2.24) is 4.90 Å². The van der Waals surface area contributed by atoms with Crippen LogP contribution in [-0.4, -0.2) is 36.2 Å². The molecule has 0 aliphatic carbocycles. The molecule has 3 heteroatoms. The van der Waals surface area contributed by atoms with Gasteiger partial charge in [-0.3, -0.25) is 0 Å². The van der Waals surface area contributed by atoms with E-state index in [1.165, 1.54) is 24.0 Å². The fourth-order valence-electron chi connectivity index (χ4n) is 2.73. The number of hydrogen-bond acceptors (Lipinski definition) is 3. The van der Waals surface area contributed by atoms with Crippen molar-refractivity contribution in [2.75, 3.05) is 26.2 Å². The first-order chi connectivity index (χ1) is 8.35. The molecule has 1 aromatic rings. The summed E-state index contributed by atoms with van der Waals surface area (Å²) in [6.45, 7) is 3.89. The Labute approximate surface area is 103 Å². The van der Waals surface area contributed by atoms with Crippen LogP contribution in [0, 0.1) is 0 Å². The molecule has 3 nitrogen and oxygen atoms in total. The van der Waals surface area contributed by atoms with Crippen molar-refractivity contribution in [2.45, 2.75) is 25.3 Å². The highest BCUT2D eigenvalue weighted by Gasteiger charge is 2.21. The van der Waals surface area contributed by atoms with Gasteiger partial charge in [-0.25, -0.2) is 0 Å². The molecule has 1 aromatic carbocycles. The van der Waals surface area contributed by atoms with E-state index in [1.54, 1.807) is 0 Å². The SMILES string of the molecule is NCc1ccccc1C1CCN(CCO)CC1. The number of piperidine rings is 1. The van der Waals surface area contributed by atoms with E-state index in [1.807, 2.05) is 0 Å². The molecule has 17 heavy (non-hydrogen) atoms. The molecule has 1 saturated heterocycles. The zero-order valence-electron chi connectivity index (χ0n) is 10.3. The average Bonchev–Trinajstić information content (AvgIpc) is 2.40. The second-order valence-electron chi connectivity index (χ2n) is 4.74. The highest BCUT2D eigenvalue weighted by molar-refractivity contribution is 5.30. The predicted octanol–water partition coefficient (Wildman–Crippen LogP) is 1.32. The van der Waals surface area contributed by atoms with E-state index >= 15 is 0 Å². The Morgan fingerprint density at radius 1 is 1.24 bits per heavy atom. The Bertz CT molecular complexity index is 346. The number of nitrogens with two attached hydrogens (primary N) is 1. The molecule has 0 radical (unpaired) electrons. The Morgan fingerprint density at radius 3 is 2.59 bits per heavy atom. The summed E-state index contributed by atoms with van der Waals surface area (Å²) in [5, 5.41) is 8.93. The molecular formula is C14H22N2O. The first-order valence-electron chi connectivity index (χ1n) is 6.46. The number of nitrogens with zero attached hydrogens (tertiary/aromatic N) is 1. The smallest absolute Gasteiger partial charge is 0.0558 e. The second kappa shape index (κ2) is 6.15. The molecule has 1 aliphatic rings. The molecule has 0 atom stereocenters. The summed E-state index contributed by atoms with van der Waals surface area (Å²) in [4.78, 5) is 2.33. The molecule has 1 aliphatic heterocycles. The first-order valence-corrected chi connectivity index (χ1v) is 6.46. The summed E-state index contributed by atoms with van der Waals surface area (Å²) < 4.78 is 0. The molecule has 2 rings (SSSR count). The maximum absolute atomic E-state index is 8.93. The Morgan fingerprint density at radius 2 is 1.94 bits per heavy atom. The first kappa shape index (κ1) is 12.6. The zero-order valence-corrected chi connectivity index (χ0v) is 10.3. The molecule has 3 N–H and O–H groups in total. The van der Waals surface area contributed by atoms with Gasteiger partial charge in [0, 0.05) is 13.1 Å². The van der Waals surface area contributed by atoms with E-state index in [0.717, 1.165) is 19.6 Å². The van der Waals surface area contributed by atoms with E-state index in [-0.39, 0.29) is 6.61 Å². The van der Waals surface area contributed by atoms with Crippen molar-refractivity contribution < 1.29 is 5.11 Å². The highest BCUT2D eigenvalue weighted by atomic mass is 16.3. The summed E-state index contributed by atoms with van der Waals surface area (Å²) >= 11 is 0. The zero-order chi connectivity index (χ0) is 12.1. The molecular weight excluding hydrogens is 212 g/mol. The summed E-state index contributed by atoms with van der Waals surface area (Å²) in [5.74, 6) is 0.643. The normalized spacial score (nSPS) is 18.5. The van der Waals surface area contributed by atoms with Gasteiger partial charge in [0.1, 0.15) is 0 Å². The van der Waals surface area contributed by atoms with Crippen LogP contribution in [0.4, 0.5) is 0 Å². The van der Waals surface area contributed by atoms with E-state index in [4.69, 9.17) is 10.8 Å². The van der Waals surface area contributed by atoms with Gasteiger partial charge in [0.05, 0.1) is 6.61 Å². The molecule has 1 fully saturated rings. The largest absolute Gasteiger partial charge is 0.395 e. The Balaban J connectivity index is 2.00. The van der Waals surface area contributed by atoms with Crippen LogP contribution >= 0.6 is 0 Å². The van der Waals surface area contributed by atoms with Crippen molar-refractivity contribution >= 4 is 0 Å². The third kappa shape index (κ3) is 3.06. The maximum Gasteiger partial charge on any atom is 0.0558 e. The van der Waals surface area contributed by atoms with Crippen LogP contribution in [0.15, 0.2) is 24.3 Å². The lowest BCUT2D eigenvalue weighted by Crippen LogP contribution is -2.35. The molecule has 0 saturated carbocycles. The summed E-state index contributed by atoms with van der Waals surface area (Å²) in [7, 11) is 0. The van der Waals surface area contributed by atoms with Crippen molar-refractivity contribution in [1.29, 1.82) is 0 Å². The quantitative estimate of drug-likeness (QED) is 0.826. The van der Waals surface area contributed by atoms with Gasteiger partial charge in [0.2, 0.25) is 0 Å². The number of aliphatic hydroxyl groups is 1. The van der Waals surface area contributed by atoms with Gasteiger partial charge in [0.15, 0.2) is 0 Å². The van der Waals surface area contributed by atoms with Crippen LogP contribution in [0.3, 0.4) is 0 Å². The highest BCUT2D eigenvalue weighted by Crippen LogP contribution is 2.29. The molecule has 0 amide bonds. The van der Waals surface area contributed by atoms with E-state index < -0.39 is 0 Å². The van der Waals surface area contributed by atoms with Gasteiger partial charge in [-0.15, -0.1) is 0 Å². The lowest BCUT2D eigenvalue weighted by molar-refractivity contribution is 0.164. The topological polar surface area (TPSA) is 49.5 Å². The third-order valence-electron chi connectivity index (χ3n) is 3.72. The van der Waals surface area contributed by atoms with Crippen LogP contribution in [0.2, 0.25) is 0 Å². The standard InChI is InChI=1S/C14H22N2O/c15-11-13-3-1-2-4-14(13)12-5-7-16(8-6-12)9-10-17/h1-4,12,17H,5-11,15H2. The fourth-order valence-corrected chi connectivity index (χ4v) is 2.73. The lowest BCUT2D eigenvalue weighted by Gasteiger charge is -2.32. The maximum atomic E-state index is 8.93. The van der Waals surface area contributed by atoms with Crippen LogP contribution in [0.5, 0.6) is 0 Å². The molecule has 0 spiro atoms. The van der Waals surface area contributed by atoms with Gasteiger partial charge in [0.25, 0.3) is 0 Å². The number of rotatable bonds is 4. The second-order valence-corrected chi connectivity index (χ2v) is 4.74. The van der Waals surface area contributed by atoms with Crippen LogP contribution in [0.25, 0.3) is 0 Å². The minimum absolute atomic E-state index is 0.268. The molecule has 0 bridgehead atoms. The third-order valence-corrected chi connectivity index (χ3v) is 3.72. The monoisotopic (exact) mass is 234 g/mol. The van der Waals surface area contributed by atoms with Crippen LogP contribution < -0.4 is 5.73 Å². The number of benzene rings is 1. The van der Waals surface area contributed by atoms with Crippen LogP contribution in [0.1, 0.15) is 29.9 Å².